The Labute approximate surface area is 80.1 Å². The molecule has 1 saturated carbocycles. The van der Waals surface area contributed by atoms with Crippen LogP contribution in [0, 0.1) is 11.8 Å². The molecule has 1 amide bonds. The van der Waals surface area contributed by atoms with E-state index in [-0.39, 0.29) is 11.9 Å². The van der Waals surface area contributed by atoms with Gasteiger partial charge in [0.15, 0.2) is 0 Å². The molecule has 3 heteroatoms. The van der Waals surface area contributed by atoms with Gasteiger partial charge in [-0.2, -0.15) is 0 Å². The lowest BCUT2D eigenvalue weighted by atomic mass is 10.1. The van der Waals surface area contributed by atoms with E-state index in [4.69, 9.17) is 5.73 Å². The number of hydrogen-bond donors (Lipinski definition) is 2. The number of carbonyl (C=O) groups excluding carboxylic acids is 1. The molecule has 1 unspecified atom stereocenters. The summed E-state index contributed by atoms with van der Waals surface area (Å²) in [7, 11) is 0. The van der Waals surface area contributed by atoms with E-state index < -0.39 is 0 Å². The number of nitrogens with one attached hydrogen (secondary N) is 1. The standard InChI is InChI=1S/C10H20N2O/c1-7(2)6-12-10(13)5-9(11)8-3-4-8/h7-9H,3-6,11H2,1-2H3,(H,12,13). The minimum absolute atomic E-state index is 0.0900. The highest BCUT2D eigenvalue weighted by atomic mass is 16.1. The average Bonchev–Trinajstić information content (AvgIpc) is 2.82. The number of carbonyl (C=O) groups is 1. The van der Waals surface area contributed by atoms with E-state index in [1.54, 1.807) is 0 Å². The maximum atomic E-state index is 11.3. The van der Waals surface area contributed by atoms with Gasteiger partial charge < -0.3 is 11.1 Å². The number of rotatable bonds is 5. The molecule has 0 heterocycles. The zero-order chi connectivity index (χ0) is 9.84. The molecule has 76 valence electrons. The Morgan fingerprint density at radius 3 is 2.62 bits per heavy atom. The Kier molecular flexibility index (Phi) is 3.72. The largest absolute Gasteiger partial charge is 0.356 e. The Morgan fingerprint density at radius 2 is 2.15 bits per heavy atom. The second-order valence-electron chi connectivity index (χ2n) is 4.40. The van der Waals surface area contributed by atoms with E-state index >= 15 is 0 Å². The summed E-state index contributed by atoms with van der Waals surface area (Å²) in [6.07, 6.45) is 2.91. The van der Waals surface area contributed by atoms with Crippen molar-refractivity contribution in [3.05, 3.63) is 0 Å². The SMILES string of the molecule is CC(C)CNC(=O)CC(N)C1CC1. The minimum atomic E-state index is 0.0900. The molecule has 1 atom stereocenters. The van der Waals surface area contributed by atoms with Crippen LogP contribution < -0.4 is 11.1 Å². The molecular formula is C10H20N2O. The highest BCUT2D eigenvalue weighted by Gasteiger charge is 2.29. The molecule has 1 fully saturated rings. The van der Waals surface area contributed by atoms with Crippen molar-refractivity contribution < 1.29 is 4.79 Å². The second kappa shape index (κ2) is 4.61. The van der Waals surface area contributed by atoms with Gasteiger partial charge in [0.2, 0.25) is 5.91 Å². The molecule has 1 aliphatic rings. The minimum Gasteiger partial charge on any atom is -0.356 e. The van der Waals surface area contributed by atoms with Crippen molar-refractivity contribution in [1.82, 2.24) is 5.32 Å². The zero-order valence-electron chi connectivity index (χ0n) is 8.55. The molecule has 0 aliphatic heterocycles. The van der Waals surface area contributed by atoms with Gasteiger partial charge in [-0.15, -0.1) is 0 Å². The molecule has 0 aromatic rings. The molecule has 0 bridgehead atoms. The van der Waals surface area contributed by atoms with Crippen molar-refractivity contribution in [3.63, 3.8) is 0 Å². The fourth-order valence-corrected chi connectivity index (χ4v) is 1.30. The summed E-state index contributed by atoms with van der Waals surface area (Å²) in [5.41, 5.74) is 5.83. The zero-order valence-corrected chi connectivity index (χ0v) is 8.55. The van der Waals surface area contributed by atoms with E-state index in [1.807, 2.05) is 0 Å². The lowest BCUT2D eigenvalue weighted by Crippen LogP contribution is -2.34. The molecule has 0 spiro atoms. The normalized spacial score (nSPS) is 18.8. The van der Waals surface area contributed by atoms with Gasteiger partial charge in [-0.25, -0.2) is 0 Å². The van der Waals surface area contributed by atoms with E-state index in [0.29, 0.717) is 18.3 Å². The third-order valence-corrected chi connectivity index (χ3v) is 2.36. The summed E-state index contributed by atoms with van der Waals surface area (Å²) in [6.45, 7) is 4.93. The van der Waals surface area contributed by atoms with Crippen LogP contribution in [0.1, 0.15) is 33.1 Å². The summed E-state index contributed by atoms with van der Waals surface area (Å²) in [5, 5.41) is 2.88. The van der Waals surface area contributed by atoms with Gasteiger partial charge in [-0.3, -0.25) is 4.79 Å². The predicted octanol–water partition coefficient (Wildman–Crippen LogP) is 0.886. The first-order valence-electron chi connectivity index (χ1n) is 5.12. The van der Waals surface area contributed by atoms with Crippen LogP contribution in [0.5, 0.6) is 0 Å². The molecule has 0 aromatic carbocycles. The average molecular weight is 184 g/mol. The van der Waals surface area contributed by atoms with Crippen LogP contribution in [0.25, 0.3) is 0 Å². The van der Waals surface area contributed by atoms with E-state index in [2.05, 4.69) is 19.2 Å². The van der Waals surface area contributed by atoms with Crippen LogP contribution in [0.4, 0.5) is 0 Å². The van der Waals surface area contributed by atoms with Crippen LogP contribution in [0.2, 0.25) is 0 Å². The van der Waals surface area contributed by atoms with Crippen LogP contribution in [-0.2, 0) is 4.79 Å². The summed E-state index contributed by atoms with van der Waals surface area (Å²) < 4.78 is 0. The van der Waals surface area contributed by atoms with E-state index in [1.165, 1.54) is 12.8 Å². The second-order valence-corrected chi connectivity index (χ2v) is 4.40. The molecular weight excluding hydrogens is 164 g/mol. The van der Waals surface area contributed by atoms with Gasteiger partial charge in [0.25, 0.3) is 0 Å². The van der Waals surface area contributed by atoms with Gasteiger partial charge >= 0.3 is 0 Å². The van der Waals surface area contributed by atoms with Gasteiger partial charge in [0, 0.05) is 19.0 Å². The molecule has 3 N–H and O–H groups in total. The van der Waals surface area contributed by atoms with Gasteiger partial charge in [-0.05, 0) is 24.7 Å². The van der Waals surface area contributed by atoms with E-state index in [0.717, 1.165) is 6.54 Å². The molecule has 0 saturated heterocycles. The first kappa shape index (κ1) is 10.5. The predicted molar refractivity (Wildman–Crippen MR) is 53.2 cm³/mol. The van der Waals surface area contributed by atoms with Crippen LogP contribution in [0.15, 0.2) is 0 Å². The summed E-state index contributed by atoms with van der Waals surface area (Å²) in [4.78, 5) is 11.3. The first-order valence-corrected chi connectivity index (χ1v) is 5.12. The first-order chi connectivity index (χ1) is 6.09. The molecule has 0 aromatic heterocycles. The topological polar surface area (TPSA) is 55.1 Å². The summed E-state index contributed by atoms with van der Waals surface area (Å²) in [6, 6.07) is 0.0900. The number of amides is 1. The van der Waals surface area contributed by atoms with Crippen molar-refractivity contribution in [3.8, 4) is 0 Å². The quantitative estimate of drug-likeness (QED) is 0.666. The number of nitrogens with two attached hydrogens (primary N) is 1. The fraction of sp³-hybridized carbons (Fsp3) is 0.900. The smallest absolute Gasteiger partial charge is 0.221 e. The van der Waals surface area contributed by atoms with E-state index in [9.17, 15) is 4.79 Å². The Morgan fingerprint density at radius 1 is 1.54 bits per heavy atom. The highest BCUT2D eigenvalue weighted by molar-refractivity contribution is 5.76. The fourth-order valence-electron chi connectivity index (χ4n) is 1.30. The van der Waals surface area contributed by atoms with Crippen molar-refractivity contribution in [2.24, 2.45) is 17.6 Å². The molecule has 1 aliphatic carbocycles. The van der Waals surface area contributed by atoms with Gasteiger partial charge in [-0.1, -0.05) is 13.8 Å². The van der Waals surface area contributed by atoms with Crippen molar-refractivity contribution in [2.75, 3.05) is 6.54 Å². The molecule has 3 nitrogen and oxygen atoms in total. The monoisotopic (exact) mass is 184 g/mol. The lowest BCUT2D eigenvalue weighted by molar-refractivity contribution is -0.121. The lowest BCUT2D eigenvalue weighted by Gasteiger charge is -2.11. The Hall–Kier alpha value is -0.570. The third kappa shape index (κ3) is 4.27. The van der Waals surface area contributed by atoms with Crippen molar-refractivity contribution in [1.29, 1.82) is 0 Å². The maximum absolute atomic E-state index is 11.3. The van der Waals surface area contributed by atoms with Crippen LogP contribution in [0.3, 0.4) is 0 Å². The maximum Gasteiger partial charge on any atom is 0.221 e. The Bertz CT molecular complexity index is 176. The summed E-state index contributed by atoms with van der Waals surface area (Å²) >= 11 is 0. The third-order valence-electron chi connectivity index (χ3n) is 2.36. The van der Waals surface area contributed by atoms with Gasteiger partial charge in [0.05, 0.1) is 0 Å². The number of hydrogen-bond acceptors (Lipinski definition) is 2. The van der Waals surface area contributed by atoms with Crippen LogP contribution >= 0.6 is 0 Å². The Balaban J connectivity index is 2.09. The molecule has 0 radical (unpaired) electrons. The van der Waals surface area contributed by atoms with Gasteiger partial charge in [0.1, 0.15) is 0 Å². The van der Waals surface area contributed by atoms with Crippen molar-refractivity contribution in [2.45, 2.75) is 39.2 Å². The molecule has 1 rings (SSSR count). The van der Waals surface area contributed by atoms with Crippen molar-refractivity contribution >= 4 is 5.91 Å². The highest BCUT2D eigenvalue weighted by Crippen LogP contribution is 2.32. The molecule has 13 heavy (non-hydrogen) atoms. The summed E-state index contributed by atoms with van der Waals surface area (Å²) in [5.74, 6) is 1.24. The van der Waals surface area contributed by atoms with Crippen LogP contribution in [-0.4, -0.2) is 18.5 Å².